The summed E-state index contributed by atoms with van der Waals surface area (Å²) in [5, 5.41) is 15.5. The summed E-state index contributed by atoms with van der Waals surface area (Å²) in [7, 11) is 0. The fraction of sp³-hybridized carbons (Fsp3) is 0.143. The van der Waals surface area contributed by atoms with E-state index in [4.69, 9.17) is 0 Å². The molecule has 0 saturated carbocycles. The minimum Gasteiger partial charge on any atom is -0.372 e. The second-order valence-electron chi connectivity index (χ2n) is 5.99. The van der Waals surface area contributed by atoms with Crippen LogP contribution in [0, 0.1) is 6.92 Å². The molecular formula is C21H20N2O2S. The molecule has 3 rings (SSSR count). The zero-order valence-corrected chi connectivity index (χ0v) is 15.5. The average molecular weight is 364 g/mol. The number of hydrazone groups is 1. The Hall–Kier alpha value is -2.76. The predicted molar refractivity (Wildman–Crippen MR) is 105 cm³/mol. The summed E-state index contributed by atoms with van der Waals surface area (Å²) in [6, 6.07) is 21.7. The van der Waals surface area contributed by atoms with Crippen LogP contribution in [0.4, 0.5) is 0 Å². The van der Waals surface area contributed by atoms with E-state index < -0.39 is 11.5 Å². The van der Waals surface area contributed by atoms with Crippen LogP contribution in [-0.4, -0.2) is 16.7 Å². The number of benzene rings is 2. The number of nitrogens with zero attached hydrogens (tertiary/aromatic N) is 1. The van der Waals surface area contributed by atoms with Crippen molar-refractivity contribution in [3.8, 4) is 0 Å². The van der Waals surface area contributed by atoms with Gasteiger partial charge in [0.1, 0.15) is 0 Å². The van der Waals surface area contributed by atoms with Gasteiger partial charge in [0.25, 0.3) is 5.91 Å². The van der Waals surface area contributed by atoms with Crippen molar-refractivity contribution in [3.63, 3.8) is 0 Å². The second kappa shape index (κ2) is 7.64. The van der Waals surface area contributed by atoms with E-state index >= 15 is 0 Å². The number of nitrogens with one attached hydrogen (secondary N) is 1. The van der Waals surface area contributed by atoms with E-state index in [1.54, 1.807) is 59.9 Å². The maximum absolute atomic E-state index is 12.9. The fourth-order valence-corrected chi connectivity index (χ4v) is 3.50. The molecule has 132 valence electrons. The second-order valence-corrected chi connectivity index (χ2v) is 7.28. The van der Waals surface area contributed by atoms with E-state index in [1.165, 1.54) is 4.88 Å². The summed E-state index contributed by atoms with van der Waals surface area (Å²) < 4.78 is 0. The molecule has 5 heteroatoms. The van der Waals surface area contributed by atoms with Crippen LogP contribution in [0.3, 0.4) is 0 Å². The number of hydrogen-bond acceptors (Lipinski definition) is 4. The van der Waals surface area contributed by atoms with Crippen LogP contribution < -0.4 is 5.43 Å². The van der Waals surface area contributed by atoms with Crippen LogP contribution in [-0.2, 0) is 10.4 Å². The molecule has 0 aliphatic heterocycles. The van der Waals surface area contributed by atoms with Crippen LogP contribution in [0.1, 0.15) is 27.8 Å². The Kier molecular flexibility index (Phi) is 5.30. The average Bonchev–Trinajstić information content (AvgIpc) is 3.13. The van der Waals surface area contributed by atoms with Gasteiger partial charge in [-0.25, -0.2) is 5.43 Å². The van der Waals surface area contributed by atoms with Gasteiger partial charge in [0.15, 0.2) is 5.60 Å². The van der Waals surface area contributed by atoms with Crippen molar-refractivity contribution in [3.05, 3.63) is 93.7 Å². The molecule has 0 saturated heterocycles. The number of carbonyl (C=O) groups is 1. The summed E-state index contributed by atoms with van der Waals surface area (Å²) in [6.45, 7) is 3.85. The molecular weight excluding hydrogens is 344 g/mol. The molecule has 0 spiro atoms. The molecule has 0 radical (unpaired) electrons. The molecule has 1 heterocycles. The van der Waals surface area contributed by atoms with Crippen LogP contribution >= 0.6 is 11.3 Å². The van der Waals surface area contributed by atoms with E-state index in [1.807, 2.05) is 38.1 Å². The molecule has 0 aliphatic carbocycles. The first kappa shape index (κ1) is 18.0. The van der Waals surface area contributed by atoms with E-state index in [2.05, 4.69) is 10.5 Å². The highest BCUT2D eigenvalue weighted by Gasteiger charge is 2.39. The van der Waals surface area contributed by atoms with Crippen LogP contribution in [0.15, 0.2) is 77.9 Å². The van der Waals surface area contributed by atoms with Crippen LogP contribution in [0.2, 0.25) is 0 Å². The van der Waals surface area contributed by atoms with Gasteiger partial charge in [0.2, 0.25) is 0 Å². The lowest BCUT2D eigenvalue weighted by molar-refractivity contribution is -0.136. The summed E-state index contributed by atoms with van der Waals surface area (Å²) >= 11 is 1.60. The Labute approximate surface area is 156 Å². The van der Waals surface area contributed by atoms with Crippen molar-refractivity contribution < 1.29 is 9.90 Å². The van der Waals surface area contributed by atoms with Crippen LogP contribution in [0.25, 0.3) is 0 Å². The molecule has 0 aliphatic rings. The highest BCUT2D eigenvalue weighted by molar-refractivity contribution is 7.14. The topological polar surface area (TPSA) is 61.7 Å². The monoisotopic (exact) mass is 364 g/mol. The number of carbonyl (C=O) groups excluding carboxylic acids is 1. The summed E-state index contributed by atoms with van der Waals surface area (Å²) in [4.78, 5) is 15.1. The molecule has 0 atom stereocenters. The Bertz CT molecular complexity index is 878. The Morgan fingerprint density at radius 1 is 0.962 bits per heavy atom. The number of aryl methyl sites for hydroxylation is 1. The molecule has 0 unspecified atom stereocenters. The fourth-order valence-electron chi connectivity index (χ4n) is 2.69. The van der Waals surface area contributed by atoms with Crippen molar-refractivity contribution in [1.29, 1.82) is 0 Å². The lowest BCUT2D eigenvalue weighted by atomic mass is 9.85. The lowest BCUT2D eigenvalue weighted by Crippen LogP contribution is -2.43. The predicted octanol–water partition coefficient (Wildman–Crippen LogP) is 3.83. The first-order chi connectivity index (χ1) is 12.5. The van der Waals surface area contributed by atoms with Gasteiger partial charge in [-0.05, 0) is 37.1 Å². The minimum absolute atomic E-state index is 0.489. The zero-order valence-electron chi connectivity index (χ0n) is 14.6. The first-order valence-electron chi connectivity index (χ1n) is 8.27. The van der Waals surface area contributed by atoms with Gasteiger partial charge in [0, 0.05) is 4.88 Å². The van der Waals surface area contributed by atoms with Crippen molar-refractivity contribution in [2.75, 3.05) is 0 Å². The quantitative estimate of drug-likeness (QED) is 0.534. The minimum atomic E-state index is -1.82. The first-order valence-corrected chi connectivity index (χ1v) is 9.08. The molecule has 2 N–H and O–H groups in total. The van der Waals surface area contributed by atoms with Gasteiger partial charge in [-0.2, -0.15) is 5.10 Å². The highest BCUT2D eigenvalue weighted by atomic mass is 32.1. The van der Waals surface area contributed by atoms with Gasteiger partial charge < -0.3 is 5.11 Å². The highest BCUT2D eigenvalue weighted by Crippen LogP contribution is 2.29. The standard InChI is InChI=1S/C21H20N2O2S/c1-15-13-14-19(26-15)16(2)22-23-20(24)21(25,17-9-5-3-6-10-17)18-11-7-4-8-12-18/h3-14,25H,1-2H3,(H,23,24)/b22-16+. The van der Waals surface area contributed by atoms with Crippen molar-refractivity contribution in [2.24, 2.45) is 5.10 Å². The number of hydrogen-bond donors (Lipinski definition) is 2. The molecule has 26 heavy (non-hydrogen) atoms. The molecule has 0 bridgehead atoms. The molecule has 2 aromatic carbocycles. The van der Waals surface area contributed by atoms with Gasteiger partial charge in [-0.1, -0.05) is 60.7 Å². The molecule has 1 aromatic heterocycles. The zero-order chi connectivity index (χ0) is 18.6. The van der Waals surface area contributed by atoms with Crippen molar-refractivity contribution >= 4 is 23.0 Å². The Morgan fingerprint density at radius 2 is 1.50 bits per heavy atom. The third kappa shape index (κ3) is 3.59. The number of thiophene rings is 1. The smallest absolute Gasteiger partial charge is 0.281 e. The third-order valence-electron chi connectivity index (χ3n) is 4.13. The van der Waals surface area contributed by atoms with Gasteiger partial charge in [0.05, 0.1) is 10.6 Å². The normalized spacial score (nSPS) is 12.0. The summed E-state index contributed by atoms with van der Waals surface area (Å²) in [5.74, 6) is -0.595. The van der Waals surface area contributed by atoms with Crippen molar-refractivity contribution in [1.82, 2.24) is 5.43 Å². The summed E-state index contributed by atoms with van der Waals surface area (Å²) in [5.41, 5.74) is 2.38. The molecule has 1 amide bonds. The number of amides is 1. The van der Waals surface area contributed by atoms with E-state index in [-0.39, 0.29) is 0 Å². The van der Waals surface area contributed by atoms with E-state index in [9.17, 15) is 9.90 Å². The SMILES string of the molecule is C/C(=N\NC(=O)C(O)(c1ccccc1)c1ccccc1)c1ccc(C)s1. The van der Waals surface area contributed by atoms with Crippen LogP contribution in [0.5, 0.6) is 0 Å². The maximum Gasteiger partial charge on any atom is 0.281 e. The van der Waals surface area contributed by atoms with Gasteiger partial charge in [-0.15, -0.1) is 11.3 Å². The number of aliphatic hydroxyl groups is 1. The lowest BCUT2D eigenvalue weighted by Gasteiger charge is -2.27. The largest absolute Gasteiger partial charge is 0.372 e. The molecule has 0 fully saturated rings. The molecule has 3 aromatic rings. The van der Waals surface area contributed by atoms with Gasteiger partial charge in [-0.3, -0.25) is 4.79 Å². The maximum atomic E-state index is 12.9. The van der Waals surface area contributed by atoms with E-state index in [0.717, 1.165) is 4.88 Å². The molecule has 4 nitrogen and oxygen atoms in total. The summed E-state index contributed by atoms with van der Waals surface area (Å²) in [6.07, 6.45) is 0. The Balaban J connectivity index is 1.94. The number of rotatable bonds is 5. The third-order valence-corrected chi connectivity index (χ3v) is 5.24. The van der Waals surface area contributed by atoms with E-state index in [0.29, 0.717) is 16.8 Å². The van der Waals surface area contributed by atoms with Crippen molar-refractivity contribution in [2.45, 2.75) is 19.4 Å². The van der Waals surface area contributed by atoms with Gasteiger partial charge >= 0.3 is 0 Å². The Morgan fingerprint density at radius 3 is 1.96 bits per heavy atom.